The Bertz CT molecular complexity index is 320. The predicted octanol–water partition coefficient (Wildman–Crippen LogP) is 4.24. The van der Waals surface area contributed by atoms with E-state index in [9.17, 15) is 0 Å². The van der Waals surface area contributed by atoms with Gasteiger partial charge in [-0.2, -0.15) is 0 Å². The monoisotopic (exact) mass is 250 g/mol. The molecule has 0 N–H and O–H groups in total. The van der Waals surface area contributed by atoms with Crippen LogP contribution in [0.5, 0.6) is 0 Å². The van der Waals surface area contributed by atoms with Gasteiger partial charge in [0.25, 0.3) is 0 Å². The minimum absolute atomic E-state index is 0.194. The molecule has 2 heteroatoms. The van der Waals surface area contributed by atoms with Crippen molar-refractivity contribution < 1.29 is 9.47 Å². The molecule has 0 amide bonds. The highest BCUT2D eigenvalue weighted by Crippen LogP contribution is 2.28. The zero-order valence-corrected chi connectivity index (χ0v) is 12.1. The van der Waals surface area contributed by atoms with E-state index in [1.807, 2.05) is 25.2 Å². The van der Waals surface area contributed by atoms with Crippen LogP contribution in [-0.4, -0.2) is 19.0 Å². The van der Waals surface area contributed by atoms with Gasteiger partial charge in [0.1, 0.15) is 0 Å². The standard InChI is InChI=1S/C16H26O2/c1-6-7-8-9-13(2)15-17-11-10-14(18-15)12-16(3,4)5/h6-9,14-15H,1,10-12H2,2-5H3/b8-7-,13-9+. The maximum atomic E-state index is 6.00. The maximum Gasteiger partial charge on any atom is 0.180 e. The van der Waals surface area contributed by atoms with Gasteiger partial charge in [0.2, 0.25) is 0 Å². The van der Waals surface area contributed by atoms with Gasteiger partial charge < -0.3 is 9.47 Å². The van der Waals surface area contributed by atoms with E-state index in [4.69, 9.17) is 9.47 Å². The highest BCUT2D eigenvalue weighted by molar-refractivity contribution is 5.16. The predicted molar refractivity (Wildman–Crippen MR) is 76.4 cm³/mol. The molecule has 2 atom stereocenters. The third kappa shape index (κ3) is 5.65. The normalized spacial score (nSPS) is 26.6. The lowest BCUT2D eigenvalue weighted by Crippen LogP contribution is -2.35. The number of ether oxygens (including phenoxy) is 2. The van der Waals surface area contributed by atoms with Crippen LogP contribution in [0.4, 0.5) is 0 Å². The molecule has 0 saturated carbocycles. The maximum absolute atomic E-state index is 6.00. The lowest BCUT2D eigenvalue weighted by molar-refractivity contribution is -0.198. The van der Waals surface area contributed by atoms with Crippen LogP contribution in [0, 0.1) is 5.41 Å². The second-order valence-electron chi connectivity index (χ2n) is 6.05. The zero-order valence-electron chi connectivity index (χ0n) is 12.1. The van der Waals surface area contributed by atoms with E-state index in [2.05, 4.69) is 27.4 Å². The topological polar surface area (TPSA) is 18.5 Å². The summed E-state index contributed by atoms with van der Waals surface area (Å²) in [6, 6.07) is 0. The second-order valence-corrected chi connectivity index (χ2v) is 6.05. The van der Waals surface area contributed by atoms with Crippen LogP contribution in [0.2, 0.25) is 0 Å². The average Bonchev–Trinajstić information content (AvgIpc) is 2.27. The van der Waals surface area contributed by atoms with Crippen LogP contribution in [0.25, 0.3) is 0 Å². The fourth-order valence-electron chi connectivity index (χ4n) is 2.03. The van der Waals surface area contributed by atoms with Gasteiger partial charge in [0.15, 0.2) is 6.29 Å². The van der Waals surface area contributed by atoms with Gasteiger partial charge in [-0.1, -0.05) is 51.7 Å². The summed E-state index contributed by atoms with van der Waals surface area (Å²) in [7, 11) is 0. The minimum Gasteiger partial charge on any atom is -0.349 e. The first-order chi connectivity index (χ1) is 8.42. The molecule has 1 heterocycles. The molecule has 2 unspecified atom stereocenters. The molecular formula is C16H26O2. The van der Waals surface area contributed by atoms with Crippen molar-refractivity contribution in [3.8, 4) is 0 Å². The van der Waals surface area contributed by atoms with Crippen molar-refractivity contribution in [3.05, 3.63) is 36.5 Å². The molecule has 0 aromatic carbocycles. The summed E-state index contributed by atoms with van der Waals surface area (Å²) in [5, 5.41) is 0. The smallest absolute Gasteiger partial charge is 0.180 e. The fraction of sp³-hybridized carbons (Fsp3) is 0.625. The van der Waals surface area contributed by atoms with Gasteiger partial charge in [-0.25, -0.2) is 0 Å². The van der Waals surface area contributed by atoms with Gasteiger partial charge in [-0.3, -0.25) is 0 Å². The third-order valence-electron chi connectivity index (χ3n) is 2.84. The highest BCUT2D eigenvalue weighted by atomic mass is 16.7. The Labute approximate surface area is 111 Å². The molecule has 18 heavy (non-hydrogen) atoms. The van der Waals surface area contributed by atoms with Gasteiger partial charge in [-0.15, -0.1) is 0 Å². The Hall–Kier alpha value is -0.860. The molecule has 2 nitrogen and oxygen atoms in total. The lowest BCUT2D eigenvalue weighted by Gasteiger charge is -2.34. The molecule has 1 rings (SSSR count). The third-order valence-corrected chi connectivity index (χ3v) is 2.84. The van der Waals surface area contributed by atoms with Gasteiger partial charge in [-0.05, 0) is 30.8 Å². The van der Waals surface area contributed by atoms with Crippen LogP contribution in [0.15, 0.2) is 36.5 Å². The van der Waals surface area contributed by atoms with Crippen molar-refractivity contribution in [3.63, 3.8) is 0 Å². The van der Waals surface area contributed by atoms with Crippen LogP contribution in [-0.2, 0) is 9.47 Å². The molecule has 1 saturated heterocycles. The van der Waals surface area contributed by atoms with Crippen LogP contribution in [0.1, 0.15) is 40.5 Å². The number of hydrogen-bond donors (Lipinski definition) is 0. The molecule has 1 fully saturated rings. The number of hydrogen-bond acceptors (Lipinski definition) is 2. The second kappa shape index (κ2) is 6.91. The molecule has 1 aliphatic heterocycles. The molecule has 1 aliphatic rings. The molecule has 0 radical (unpaired) electrons. The number of allylic oxidation sites excluding steroid dienone is 4. The summed E-state index contributed by atoms with van der Waals surface area (Å²) in [4.78, 5) is 0. The van der Waals surface area contributed by atoms with E-state index < -0.39 is 0 Å². The average molecular weight is 250 g/mol. The van der Waals surface area contributed by atoms with Gasteiger partial charge in [0.05, 0.1) is 12.7 Å². The molecular weight excluding hydrogens is 224 g/mol. The van der Waals surface area contributed by atoms with Crippen molar-refractivity contribution in [2.75, 3.05) is 6.61 Å². The summed E-state index contributed by atoms with van der Waals surface area (Å²) in [6.45, 7) is 13.2. The summed E-state index contributed by atoms with van der Waals surface area (Å²) in [5.41, 5.74) is 1.40. The van der Waals surface area contributed by atoms with E-state index in [1.165, 1.54) is 0 Å². The van der Waals surface area contributed by atoms with Crippen LogP contribution < -0.4 is 0 Å². The Morgan fingerprint density at radius 2 is 2.06 bits per heavy atom. The largest absolute Gasteiger partial charge is 0.349 e. The van der Waals surface area contributed by atoms with E-state index in [1.54, 1.807) is 6.08 Å². The zero-order chi connectivity index (χ0) is 13.6. The minimum atomic E-state index is -0.194. The van der Waals surface area contributed by atoms with Crippen molar-refractivity contribution in [2.45, 2.75) is 52.9 Å². The van der Waals surface area contributed by atoms with Gasteiger partial charge in [0, 0.05) is 0 Å². The highest BCUT2D eigenvalue weighted by Gasteiger charge is 2.27. The molecule has 0 spiro atoms. The first kappa shape index (κ1) is 15.2. The summed E-state index contributed by atoms with van der Waals surface area (Å²) in [5.74, 6) is 0. The first-order valence-corrected chi connectivity index (χ1v) is 6.65. The first-order valence-electron chi connectivity index (χ1n) is 6.65. The van der Waals surface area contributed by atoms with E-state index in [0.717, 1.165) is 25.0 Å². The molecule has 0 bridgehead atoms. The van der Waals surface area contributed by atoms with Crippen molar-refractivity contribution >= 4 is 0 Å². The Balaban J connectivity index is 2.55. The number of rotatable bonds is 4. The Kier molecular flexibility index (Phi) is 5.83. The van der Waals surface area contributed by atoms with E-state index in [0.29, 0.717) is 11.5 Å². The summed E-state index contributed by atoms with van der Waals surface area (Å²) < 4.78 is 11.7. The summed E-state index contributed by atoms with van der Waals surface area (Å²) in [6.07, 6.45) is 9.81. The van der Waals surface area contributed by atoms with Crippen molar-refractivity contribution in [1.29, 1.82) is 0 Å². The molecule has 0 aromatic heterocycles. The molecule has 102 valence electrons. The van der Waals surface area contributed by atoms with E-state index >= 15 is 0 Å². The van der Waals surface area contributed by atoms with Crippen molar-refractivity contribution in [1.82, 2.24) is 0 Å². The molecule has 0 aromatic rings. The quantitative estimate of drug-likeness (QED) is 0.695. The van der Waals surface area contributed by atoms with Crippen molar-refractivity contribution in [2.24, 2.45) is 5.41 Å². The van der Waals surface area contributed by atoms with E-state index in [-0.39, 0.29) is 6.29 Å². The van der Waals surface area contributed by atoms with Crippen LogP contribution >= 0.6 is 0 Å². The lowest BCUT2D eigenvalue weighted by atomic mass is 9.88. The SMILES string of the molecule is C=C/C=C\C=C(/C)C1OCCC(CC(C)(C)C)O1. The molecule has 0 aliphatic carbocycles. The fourth-order valence-corrected chi connectivity index (χ4v) is 2.03. The summed E-state index contributed by atoms with van der Waals surface area (Å²) >= 11 is 0. The Morgan fingerprint density at radius 3 is 2.67 bits per heavy atom. The van der Waals surface area contributed by atoms with Gasteiger partial charge >= 0.3 is 0 Å². The van der Waals surface area contributed by atoms with Crippen LogP contribution in [0.3, 0.4) is 0 Å². The Morgan fingerprint density at radius 1 is 1.33 bits per heavy atom.